The Bertz CT molecular complexity index is 373. The van der Waals surface area contributed by atoms with Crippen molar-refractivity contribution in [2.75, 3.05) is 38.3 Å². The molecule has 1 aliphatic rings. The fourth-order valence-corrected chi connectivity index (χ4v) is 2.80. The van der Waals surface area contributed by atoms with Gasteiger partial charge in [-0.05, 0) is 36.9 Å². The Balaban J connectivity index is 1.98. The van der Waals surface area contributed by atoms with Crippen LogP contribution in [0.15, 0.2) is 24.3 Å². The zero-order chi connectivity index (χ0) is 13.5. The molecule has 3 nitrogen and oxygen atoms in total. The molecule has 0 bridgehead atoms. The monoisotopic (exact) mass is 262 g/mol. The SMILES string of the molecule is CCNCc1ccccc1N1CCC(COC)CC1. The van der Waals surface area contributed by atoms with E-state index in [2.05, 4.69) is 41.4 Å². The lowest BCUT2D eigenvalue weighted by molar-refractivity contribution is 0.139. The van der Waals surface area contributed by atoms with Crippen LogP contribution in [-0.4, -0.2) is 33.4 Å². The maximum Gasteiger partial charge on any atom is 0.0491 e. The molecule has 3 heteroatoms. The number of benzene rings is 1. The van der Waals surface area contributed by atoms with Gasteiger partial charge in [-0.1, -0.05) is 25.1 Å². The number of anilines is 1. The highest BCUT2D eigenvalue weighted by atomic mass is 16.5. The predicted molar refractivity (Wildman–Crippen MR) is 80.6 cm³/mol. The molecule has 1 fully saturated rings. The van der Waals surface area contributed by atoms with Gasteiger partial charge in [0.2, 0.25) is 0 Å². The number of hydrogen-bond donors (Lipinski definition) is 1. The average Bonchev–Trinajstić information content (AvgIpc) is 2.47. The molecule has 0 atom stereocenters. The van der Waals surface area contributed by atoms with Crippen molar-refractivity contribution in [3.63, 3.8) is 0 Å². The van der Waals surface area contributed by atoms with E-state index in [0.29, 0.717) is 0 Å². The highest BCUT2D eigenvalue weighted by Crippen LogP contribution is 2.26. The Morgan fingerprint density at radius 3 is 2.68 bits per heavy atom. The first-order valence-corrected chi connectivity index (χ1v) is 7.37. The second-order valence-corrected chi connectivity index (χ2v) is 5.29. The number of nitrogens with one attached hydrogen (secondary N) is 1. The molecule has 0 amide bonds. The number of piperidine rings is 1. The van der Waals surface area contributed by atoms with Crippen LogP contribution in [0, 0.1) is 5.92 Å². The van der Waals surface area contributed by atoms with Gasteiger partial charge in [0.15, 0.2) is 0 Å². The minimum Gasteiger partial charge on any atom is -0.384 e. The summed E-state index contributed by atoms with van der Waals surface area (Å²) in [5.74, 6) is 0.738. The van der Waals surface area contributed by atoms with E-state index < -0.39 is 0 Å². The third-order valence-corrected chi connectivity index (χ3v) is 3.91. The average molecular weight is 262 g/mol. The van der Waals surface area contributed by atoms with Crippen LogP contribution < -0.4 is 10.2 Å². The van der Waals surface area contributed by atoms with Crippen LogP contribution in [0.25, 0.3) is 0 Å². The van der Waals surface area contributed by atoms with Gasteiger partial charge in [0.05, 0.1) is 0 Å². The molecular formula is C16H26N2O. The van der Waals surface area contributed by atoms with Crippen LogP contribution in [0.5, 0.6) is 0 Å². The molecule has 0 aliphatic carbocycles. The summed E-state index contributed by atoms with van der Waals surface area (Å²) in [7, 11) is 1.80. The molecule has 2 rings (SSSR count). The Labute approximate surface area is 116 Å². The van der Waals surface area contributed by atoms with Crippen molar-refractivity contribution in [3.8, 4) is 0 Å². The Morgan fingerprint density at radius 1 is 1.26 bits per heavy atom. The summed E-state index contributed by atoms with van der Waals surface area (Å²) in [6, 6.07) is 8.77. The third-order valence-electron chi connectivity index (χ3n) is 3.91. The first kappa shape index (κ1) is 14.4. The van der Waals surface area contributed by atoms with E-state index in [1.165, 1.54) is 24.1 Å². The van der Waals surface area contributed by atoms with E-state index in [1.807, 2.05) is 0 Å². The Hall–Kier alpha value is -1.06. The van der Waals surface area contributed by atoms with Crippen molar-refractivity contribution in [2.45, 2.75) is 26.3 Å². The van der Waals surface area contributed by atoms with Gasteiger partial charge in [-0.25, -0.2) is 0 Å². The molecule has 0 radical (unpaired) electrons. The van der Waals surface area contributed by atoms with Crippen molar-refractivity contribution < 1.29 is 4.74 Å². The molecule has 1 saturated heterocycles. The van der Waals surface area contributed by atoms with Gasteiger partial charge in [0.25, 0.3) is 0 Å². The zero-order valence-corrected chi connectivity index (χ0v) is 12.2. The highest BCUT2D eigenvalue weighted by molar-refractivity contribution is 5.53. The second kappa shape index (κ2) is 7.51. The molecule has 1 aromatic carbocycles. The lowest BCUT2D eigenvalue weighted by atomic mass is 9.96. The summed E-state index contributed by atoms with van der Waals surface area (Å²) >= 11 is 0. The lowest BCUT2D eigenvalue weighted by Crippen LogP contribution is -2.35. The fourth-order valence-electron chi connectivity index (χ4n) is 2.80. The Morgan fingerprint density at radius 2 is 2.00 bits per heavy atom. The lowest BCUT2D eigenvalue weighted by Gasteiger charge is -2.34. The summed E-state index contributed by atoms with van der Waals surface area (Å²) < 4.78 is 5.27. The maximum absolute atomic E-state index is 5.27. The fraction of sp³-hybridized carbons (Fsp3) is 0.625. The largest absolute Gasteiger partial charge is 0.384 e. The van der Waals surface area contributed by atoms with Crippen molar-refractivity contribution in [1.82, 2.24) is 5.32 Å². The van der Waals surface area contributed by atoms with Gasteiger partial charge in [-0.2, -0.15) is 0 Å². The van der Waals surface area contributed by atoms with E-state index >= 15 is 0 Å². The van der Waals surface area contributed by atoms with Crippen LogP contribution in [0.4, 0.5) is 5.69 Å². The molecule has 0 unspecified atom stereocenters. The number of hydrogen-bond acceptors (Lipinski definition) is 3. The number of para-hydroxylation sites is 1. The molecule has 19 heavy (non-hydrogen) atoms. The smallest absolute Gasteiger partial charge is 0.0491 e. The van der Waals surface area contributed by atoms with Crippen LogP contribution in [-0.2, 0) is 11.3 Å². The van der Waals surface area contributed by atoms with Gasteiger partial charge in [0.1, 0.15) is 0 Å². The molecule has 0 spiro atoms. The van der Waals surface area contributed by atoms with E-state index in [-0.39, 0.29) is 0 Å². The summed E-state index contributed by atoms with van der Waals surface area (Å²) in [5.41, 5.74) is 2.81. The van der Waals surface area contributed by atoms with E-state index in [0.717, 1.165) is 38.7 Å². The summed E-state index contributed by atoms with van der Waals surface area (Å²) in [4.78, 5) is 2.53. The molecule has 106 valence electrons. The van der Waals surface area contributed by atoms with Crippen molar-refractivity contribution in [3.05, 3.63) is 29.8 Å². The molecule has 0 aromatic heterocycles. The predicted octanol–water partition coefficient (Wildman–Crippen LogP) is 2.66. The van der Waals surface area contributed by atoms with E-state index in [9.17, 15) is 0 Å². The van der Waals surface area contributed by atoms with Crippen LogP contribution in [0.3, 0.4) is 0 Å². The van der Waals surface area contributed by atoms with E-state index in [4.69, 9.17) is 4.74 Å². The first-order valence-electron chi connectivity index (χ1n) is 7.37. The minimum absolute atomic E-state index is 0.738. The third kappa shape index (κ3) is 3.95. The second-order valence-electron chi connectivity index (χ2n) is 5.29. The summed E-state index contributed by atoms with van der Waals surface area (Å²) in [6.45, 7) is 7.34. The van der Waals surface area contributed by atoms with Crippen molar-refractivity contribution in [1.29, 1.82) is 0 Å². The molecule has 0 saturated carbocycles. The van der Waals surface area contributed by atoms with Crippen molar-refractivity contribution in [2.24, 2.45) is 5.92 Å². The molecule has 1 N–H and O–H groups in total. The maximum atomic E-state index is 5.27. The summed E-state index contributed by atoms with van der Waals surface area (Å²) in [5, 5.41) is 3.43. The number of ether oxygens (including phenoxy) is 1. The van der Waals surface area contributed by atoms with Gasteiger partial charge >= 0.3 is 0 Å². The van der Waals surface area contributed by atoms with Gasteiger partial charge in [-0.3, -0.25) is 0 Å². The van der Waals surface area contributed by atoms with Crippen LogP contribution in [0.1, 0.15) is 25.3 Å². The number of rotatable bonds is 6. The molecular weight excluding hydrogens is 236 g/mol. The van der Waals surface area contributed by atoms with Gasteiger partial charge < -0.3 is 15.0 Å². The molecule has 1 heterocycles. The van der Waals surface area contributed by atoms with Crippen LogP contribution >= 0.6 is 0 Å². The normalized spacial score (nSPS) is 16.8. The number of methoxy groups -OCH3 is 1. The van der Waals surface area contributed by atoms with Gasteiger partial charge in [0, 0.05) is 39.0 Å². The quantitative estimate of drug-likeness (QED) is 0.853. The standard InChI is InChI=1S/C16H26N2O/c1-3-17-12-15-6-4-5-7-16(15)18-10-8-14(9-11-18)13-19-2/h4-7,14,17H,3,8-13H2,1-2H3. The molecule has 1 aliphatic heterocycles. The van der Waals surface area contributed by atoms with E-state index in [1.54, 1.807) is 7.11 Å². The highest BCUT2D eigenvalue weighted by Gasteiger charge is 2.20. The minimum atomic E-state index is 0.738. The zero-order valence-electron chi connectivity index (χ0n) is 12.2. The first-order chi connectivity index (χ1) is 9.35. The molecule has 1 aromatic rings. The van der Waals surface area contributed by atoms with Gasteiger partial charge in [-0.15, -0.1) is 0 Å². The Kier molecular flexibility index (Phi) is 5.67. The van der Waals surface area contributed by atoms with Crippen molar-refractivity contribution >= 4 is 5.69 Å². The van der Waals surface area contributed by atoms with Crippen LogP contribution in [0.2, 0.25) is 0 Å². The summed E-state index contributed by atoms with van der Waals surface area (Å²) in [6.07, 6.45) is 2.48. The topological polar surface area (TPSA) is 24.5 Å². The number of nitrogens with zero attached hydrogens (tertiary/aromatic N) is 1.